The number of rotatable bonds is 7. The van der Waals surface area contributed by atoms with Crippen LogP contribution in [-0.2, 0) is 4.79 Å². The van der Waals surface area contributed by atoms with E-state index in [-0.39, 0.29) is 29.2 Å². The first-order valence-corrected chi connectivity index (χ1v) is 9.84. The van der Waals surface area contributed by atoms with Crippen molar-refractivity contribution in [1.29, 1.82) is 0 Å². The number of nitrogens with one attached hydrogen (secondary N) is 1. The molecule has 0 bridgehead atoms. The van der Waals surface area contributed by atoms with Crippen LogP contribution in [0.4, 0.5) is 10.1 Å². The number of carbonyl (C=O) groups is 1. The SMILES string of the molecule is CC(C)NC(=O)CSc1ncc(-c2cccc([N+](=O)[O-])c2)n1-c1ccc(F)cc1. The molecule has 0 fully saturated rings. The number of non-ortho nitro benzene ring substituents is 1. The smallest absolute Gasteiger partial charge is 0.270 e. The number of hydrogen-bond acceptors (Lipinski definition) is 5. The van der Waals surface area contributed by atoms with E-state index in [9.17, 15) is 19.3 Å². The molecule has 2 aromatic carbocycles. The Kier molecular flexibility index (Phi) is 6.28. The normalized spacial score (nSPS) is 10.9. The molecule has 29 heavy (non-hydrogen) atoms. The average Bonchev–Trinajstić information content (AvgIpc) is 3.10. The van der Waals surface area contributed by atoms with Crippen LogP contribution in [0.5, 0.6) is 0 Å². The zero-order valence-electron chi connectivity index (χ0n) is 15.8. The Morgan fingerprint density at radius 2 is 2.00 bits per heavy atom. The monoisotopic (exact) mass is 414 g/mol. The summed E-state index contributed by atoms with van der Waals surface area (Å²) < 4.78 is 15.2. The van der Waals surface area contributed by atoms with Crippen molar-refractivity contribution in [2.75, 3.05) is 5.75 Å². The molecular formula is C20H19FN4O3S. The zero-order chi connectivity index (χ0) is 21.0. The summed E-state index contributed by atoms with van der Waals surface area (Å²) in [5, 5.41) is 14.5. The van der Waals surface area contributed by atoms with Crippen molar-refractivity contribution in [2.45, 2.75) is 25.0 Å². The van der Waals surface area contributed by atoms with Crippen LogP contribution < -0.4 is 5.32 Å². The number of halogens is 1. The van der Waals surface area contributed by atoms with Gasteiger partial charge in [0.25, 0.3) is 5.69 Å². The van der Waals surface area contributed by atoms with Crippen molar-refractivity contribution in [3.05, 3.63) is 70.7 Å². The van der Waals surface area contributed by atoms with Gasteiger partial charge in [-0.25, -0.2) is 9.37 Å². The van der Waals surface area contributed by atoms with Crippen molar-refractivity contribution in [3.63, 3.8) is 0 Å². The quantitative estimate of drug-likeness (QED) is 0.355. The number of benzene rings is 2. The second-order valence-corrected chi connectivity index (χ2v) is 7.50. The standard InChI is InChI=1S/C20H19FN4O3S/c1-13(2)23-19(26)12-29-20-22-11-18(14-4-3-5-17(10-14)25(27)28)24(20)16-8-6-15(21)7-9-16/h3-11,13H,12H2,1-2H3,(H,23,26). The molecule has 0 unspecified atom stereocenters. The number of aromatic nitrogens is 2. The second kappa shape index (κ2) is 8.87. The van der Waals surface area contributed by atoms with Gasteiger partial charge in [-0.1, -0.05) is 23.9 Å². The van der Waals surface area contributed by atoms with Gasteiger partial charge in [0.2, 0.25) is 5.91 Å². The van der Waals surface area contributed by atoms with Gasteiger partial charge in [-0.05, 0) is 38.1 Å². The number of nitrogens with zero attached hydrogens (tertiary/aromatic N) is 3. The Balaban J connectivity index is 2.02. The maximum absolute atomic E-state index is 13.4. The molecule has 0 saturated heterocycles. The van der Waals surface area contributed by atoms with E-state index in [4.69, 9.17) is 0 Å². The molecule has 1 heterocycles. The molecule has 0 radical (unpaired) electrons. The van der Waals surface area contributed by atoms with E-state index in [1.54, 1.807) is 35.0 Å². The molecule has 3 aromatic rings. The number of hydrogen-bond donors (Lipinski definition) is 1. The van der Waals surface area contributed by atoms with Crippen molar-refractivity contribution in [2.24, 2.45) is 0 Å². The average molecular weight is 414 g/mol. The lowest BCUT2D eigenvalue weighted by molar-refractivity contribution is -0.384. The molecular weight excluding hydrogens is 395 g/mol. The molecule has 150 valence electrons. The fourth-order valence-electron chi connectivity index (χ4n) is 2.75. The summed E-state index contributed by atoms with van der Waals surface area (Å²) in [5.41, 5.74) is 1.79. The van der Waals surface area contributed by atoms with Crippen LogP contribution in [0.15, 0.2) is 59.9 Å². The molecule has 0 aliphatic carbocycles. The highest BCUT2D eigenvalue weighted by Crippen LogP contribution is 2.31. The fraction of sp³-hybridized carbons (Fsp3) is 0.200. The van der Waals surface area contributed by atoms with Gasteiger partial charge in [-0.3, -0.25) is 19.5 Å². The minimum atomic E-state index is -0.464. The summed E-state index contributed by atoms with van der Waals surface area (Å²) in [5.74, 6) is -0.350. The fourth-order valence-corrected chi connectivity index (χ4v) is 3.56. The number of imidazole rings is 1. The second-order valence-electron chi connectivity index (χ2n) is 6.56. The summed E-state index contributed by atoms with van der Waals surface area (Å²) in [6.45, 7) is 3.75. The maximum atomic E-state index is 13.4. The molecule has 3 rings (SSSR count). The zero-order valence-corrected chi connectivity index (χ0v) is 16.6. The van der Waals surface area contributed by atoms with Crippen molar-refractivity contribution in [3.8, 4) is 16.9 Å². The molecule has 7 nitrogen and oxygen atoms in total. The van der Waals surface area contributed by atoms with E-state index in [1.165, 1.54) is 36.0 Å². The van der Waals surface area contributed by atoms with Crippen LogP contribution in [0.2, 0.25) is 0 Å². The molecule has 1 amide bonds. The van der Waals surface area contributed by atoms with Crippen molar-refractivity contribution < 1.29 is 14.1 Å². The predicted molar refractivity (Wildman–Crippen MR) is 110 cm³/mol. The minimum Gasteiger partial charge on any atom is -0.353 e. The van der Waals surface area contributed by atoms with E-state index < -0.39 is 4.92 Å². The van der Waals surface area contributed by atoms with Crippen LogP contribution in [0.3, 0.4) is 0 Å². The number of carbonyl (C=O) groups excluding carboxylic acids is 1. The van der Waals surface area contributed by atoms with Crippen molar-refractivity contribution in [1.82, 2.24) is 14.9 Å². The molecule has 0 atom stereocenters. The van der Waals surface area contributed by atoms with E-state index in [1.807, 2.05) is 13.8 Å². The maximum Gasteiger partial charge on any atom is 0.270 e. The van der Waals surface area contributed by atoms with Crippen LogP contribution in [-0.4, -0.2) is 32.2 Å². The van der Waals surface area contributed by atoms with E-state index >= 15 is 0 Å². The molecule has 0 saturated carbocycles. The van der Waals surface area contributed by atoms with Gasteiger partial charge in [0.05, 0.1) is 22.6 Å². The lowest BCUT2D eigenvalue weighted by Gasteiger charge is -2.13. The third kappa shape index (κ3) is 5.00. The van der Waals surface area contributed by atoms with Gasteiger partial charge in [0.15, 0.2) is 5.16 Å². The molecule has 1 aromatic heterocycles. The van der Waals surface area contributed by atoms with Crippen LogP contribution in [0, 0.1) is 15.9 Å². The number of nitro groups is 1. The summed E-state index contributed by atoms with van der Waals surface area (Å²) in [7, 11) is 0. The van der Waals surface area contributed by atoms with Crippen LogP contribution in [0.25, 0.3) is 16.9 Å². The first-order chi connectivity index (χ1) is 13.8. The molecule has 0 spiro atoms. The van der Waals surface area contributed by atoms with Gasteiger partial charge in [0, 0.05) is 29.4 Å². The summed E-state index contributed by atoms with van der Waals surface area (Å²) in [6, 6.07) is 12.1. The topological polar surface area (TPSA) is 90.1 Å². The number of amides is 1. The molecule has 9 heteroatoms. The first-order valence-electron chi connectivity index (χ1n) is 8.86. The van der Waals surface area contributed by atoms with Gasteiger partial charge < -0.3 is 5.32 Å². The Bertz CT molecular complexity index is 1030. The van der Waals surface area contributed by atoms with Crippen molar-refractivity contribution >= 4 is 23.4 Å². The van der Waals surface area contributed by atoms with E-state index in [0.29, 0.717) is 22.1 Å². The Hall–Kier alpha value is -3.20. The minimum absolute atomic E-state index is 0.0281. The third-order valence-electron chi connectivity index (χ3n) is 3.95. The molecule has 0 aliphatic heterocycles. The summed E-state index contributed by atoms with van der Waals surface area (Å²) in [6.07, 6.45) is 1.59. The molecule has 1 N–H and O–H groups in total. The highest BCUT2D eigenvalue weighted by atomic mass is 32.2. The first kappa shape index (κ1) is 20.5. The number of thioether (sulfide) groups is 1. The van der Waals surface area contributed by atoms with E-state index in [2.05, 4.69) is 10.3 Å². The highest BCUT2D eigenvalue weighted by Gasteiger charge is 2.17. The van der Waals surface area contributed by atoms with Gasteiger partial charge in [0.1, 0.15) is 5.82 Å². The predicted octanol–water partition coefficient (Wildman–Crippen LogP) is 4.20. The summed E-state index contributed by atoms with van der Waals surface area (Å²) in [4.78, 5) is 27.1. The molecule has 0 aliphatic rings. The summed E-state index contributed by atoms with van der Waals surface area (Å²) >= 11 is 1.23. The Morgan fingerprint density at radius 1 is 1.28 bits per heavy atom. The van der Waals surface area contributed by atoms with Crippen LogP contribution in [0.1, 0.15) is 13.8 Å². The highest BCUT2D eigenvalue weighted by molar-refractivity contribution is 7.99. The van der Waals surface area contributed by atoms with Gasteiger partial charge in [-0.15, -0.1) is 0 Å². The lowest BCUT2D eigenvalue weighted by Crippen LogP contribution is -2.31. The Labute approximate surface area is 171 Å². The third-order valence-corrected chi connectivity index (χ3v) is 4.90. The number of nitro benzene ring substituents is 1. The van der Waals surface area contributed by atoms with Gasteiger partial charge in [-0.2, -0.15) is 0 Å². The van der Waals surface area contributed by atoms with Crippen LogP contribution >= 0.6 is 11.8 Å². The van der Waals surface area contributed by atoms with E-state index in [0.717, 1.165) is 0 Å². The Morgan fingerprint density at radius 3 is 2.66 bits per heavy atom. The lowest BCUT2D eigenvalue weighted by atomic mass is 10.1. The largest absolute Gasteiger partial charge is 0.353 e. The van der Waals surface area contributed by atoms with Gasteiger partial charge >= 0.3 is 0 Å².